The van der Waals surface area contributed by atoms with Crippen LogP contribution in [-0.2, 0) is 9.59 Å². The molecule has 1 amide bonds. The summed E-state index contributed by atoms with van der Waals surface area (Å²) in [7, 11) is 0. The lowest BCUT2D eigenvalue weighted by Gasteiger charge is -2.30. The van der Waals surface area contributed by atoms with Gasteiger partial charge in [0.2, 0.25) is 5.91 Å². The normalized spacial score (nSPS) is 32.2. The molecule has 2 fully saturated rings. The second kappa shape index (κ2) is 6.37. The van der Waals surface area contributed by atoms with E-state index in [1.54, 1.807) is 4.90 Å². The Balaban J connectivity index is 1.82. The standard InChI is InChI=1S/C14H24N2O3/c1-10-5-2-3-6-11(10)15-13(17)9-16-8-4-7-12(16)14(18)19/h10-12H,2-9H2,1H3,(H,15,17)(H,18,19)/t10?,11?,12-/m1/s1. The Hall–Kier alpha value is -1.10. The Morgan fingerprint density at radius 2 is 1.95 bits per heavy atom. The molecule has 0 aromatic heterocycles. The van der Waals surface area contributed by atoms with Gasteiger partial charge in [0.15, 0.2) is 0 Å². The number of amides is 1. The third-order valence-electron chi connectivity index (χ3n) is 4.45. The van der Waals surface area contributed by atoms with Crippen molar-refractivity contribution >= 4 is 11.9 Å². The summed E-state index contributed by atoms with van der Waals surface area (Å²) in [5.74, 6) is -0.296. The maximum absolute atomic E-state index is 12.0. The van der Waals surface area contributed by atoms with Crippen LogP contribution in [0.1, 0.15) is 45.4 Å². The first-order valence-corrected chi connectivity index (χ1v) is 7.34. The molecule has 0 aromatic rings. The van der Waals surface area contributed by atoms with Crippen molar-refractivity contribution in [3.63, 3.8) is 0 Å². The predicted molar refractivity (Wildman–Crippen MR) is 71.8 cm³/mol. The molecule has 0 spiro atoms. The minimum absolute atomic E-state index is 0.0214. The zero-order valence-corrected chi connectivity index (χ0v) is 11.6. The number of nitrogens with zero attached hydrogens (tertiary/aromatic N) is 1. The minimum atomic E-state index is -0.809. The first-order valence-electron chi connectivity index (χ1n) is 7.34. The van der Waals surface area contributed by atoms with Crippen LogP contribution in [0.2, 0.25) is 0 Å². The number of hydrogen-bond acceptors (Lipinski definition) is 3. The molecule has 0 radical (unpaired) electrons. The maximum Gasteiger partial charge on any atom is 0.320 e. The molecule has 1 aliphatic heterocycles. The monoisotopic (exact) mass is 268 g/mol. The van der Waals surface area contributed by atoms with Crippen LogP contribution in [0.25, 0.3) is 0 Å². The van der Waals surface area contributed by atoms with Crippen molar-refractivity contribution in [1.82, 2.24) is 10.2 Å². The van der Waals surface area contributed by atoms with E-state index >= 15 is 0 Å². The molecule has 3 atom stereocenters. The molecular weight excluding hydrogens is 244 g/mol. The quantitative estimate of drug-likeness (QED) is 0.804. The SMILES string of the molecule is CC1CCCCC1NC(=O)CN1CCC[C@@H]1C(=O)O. The van der Waals surface area contributed by atoms with Crippen LogP contribution in [-0.4, -0.2) is 47.1 Å². The van der Waals surface area contributed by atoms with Crippen LogP contribution < -0.4 is 5.32 Å². The van der Waals surface area contributed by atoms with Gasteiger partial charge in [0.05, 0.1) is 6.54 Å². The molecule has 1 heterocycles. The van der Waals surface area contributed by atoms with E-state index in [0.717, 1.165) is 12.8 Å². The number of aliphatic carboxylic acids is 1. The molecule has 1 aliphatic carbocycles. The summed E-state index contributed by atoms with van der Waals surface area (Å²) in [4.78, 5) is 24.9. The van der Waals surface area contributed by atoms with E-state index in [4.69, 9.17) is 5.11 Å². The van der Waals surface area contributed by atoms with E-state index in [1.165, 1.54) is 19.3 Å². The highest BCUT2D eigenvalue weighted by molar-refractivity contribution is 5.80. The molecule has 5 nitrogen and oxygen atoms in total. The largest absolute Gasteiger partial charge is 0.480 e. The van der Waals surface area contributed by atoms with Crippen molar-refractivity contribution in [2.24, 2.45) is 5.92 Å². The summed E-state index contributed by atoms with van der Waals surface area (Å²) >= 11 is 0. The van der Waals surface area contributed by atoms with Crippen LogP contribution in [0.15, 0.2) is 0 Å². The molecule has 19 heavy (non-hydrogen) atoms. The van der Waals surface area contributed by atoms with Crippen molar-refractivity contribution in [2.75, 3.05) is 13.1 Å². The Kier molecular flexibility index (Phi) is 4.80. The summed E-state index contributed by atoms with van der Waals surface area (Å²) in [6.45, 7) is 3.12. The first kappa shape index (κ1) is 14.3. The fourth-order valence-electron chi connectivity index (χ4n) is 3.26. The van der Waals surface area contributed by atoms with E-state index in [9.17, 15) is 9.59 Å². The Morgan fingerprint density at radius 3 is 2.63 bits per heavy atom. The molecule has 5 heteroatoms. The van der Waals surface area contributed by atoms with E-state index < -0.39 is 12.0 Å². The fourth-order valence-corrected chi connectivity index (χ4v) is 3.26. The number of carbonyl (C=O) groups is 2. The molecule has 2 N–H and O–H groups in total. The number of carbonyl (C=O) groups excluding carboxylic acids is 1. The fraction of sp³-hybridized carbons (Fsp3) is 0.857. The highest BCUT2D eigenvalue weighted by Crippen LogP contribution is 2.24. The van der Waals surface area contributed by atoms with Gasteiger partial charge in [-0.2, -0.15) is 0 Å². The lowest BCUT2D eigenvalue weighted by molar-refractivity contribution is -0.142. The van der Waals surface area contributed by atoms with Gasteiger partial charge in [-0.1, -0.05) is 19.8 Å². The van der Waals surface area contributed by atoms with Gasteiger partial charge in [-0.05, 0) is 38.1 Å². The number of carboxylic acid groups (broad SMARTS) is 1. The molecule has 1 saturated carbocycles. The topological polar surface area (TPSA) is 69.6 Å². The molecular formula is C14H24N2O3. The molecule has 108 valence electrons. The molecule has 2 rings (SSSR count). The van der Waals surface area contributed by atoms with E-state index in [0.29, 0.717) is 18.9 Å². The van der Waals surface area contributed by atoms with Gasteiger partial charge in [0, 0.05) is 6.04 Å². The number of nitrogens with one attached hydrogen (secondary N) is 1. The van der Waals surface area contributed by atoms with Gasteiger partial charge < -0.3 is 10.4 Å². The predicted octanol–water partition coefficient (Wildman–Crippen LogP) is 1.23. The number of hydrogen-bond donors (Lipinski definition) is 2. The molecule has 2 aliphatic rings. The van der Waals surface area contributed by atoms with Crippen molar-refractivity contribution < 1.29 is 14.7 Å². The highest BCUT2D eigenvalue weighted by Gasteiger charge is 2.32. The first-order chi connectivity index (χ1) is 9.08. The third kappa shape index (κ3) is 3.69. The second-order valence-corrected chi connectivity index (χ2v) is 5.90. The lowest BCUT2D eigenvalue weighted by atomic mass is 9.86. The van der Waals surface area contributed by atoms with Gasteiger partial charge in [-0.3, -0.25) is 14.5 Å². The minimum Gasteiger partial charge on any atom is -0.480 e. The van der Waals surface area contributed by atoms with Crippen LogP contribution >= 0.6 is 0 Å². The molecule has 1 saturated heterocycles. The summed E-state index contributed by atoms with van der Waals surface area (Å²) in [6, 6.07) is -0.207. The Bertz CT molecular complexity index is 346. The molecule has 0 bridgehead atoms. The van der Waals surface area contributed by atoms with Crippen LogP contribution in [0.5, 0.6) is 0 Å². The van der Waals surface area contributed by atoms with Gasteiger partial charge in [0.25, 0.3) is 0 Å². The highest BCUT2D eigenvalue weighted by atomic mass is 16.4. The Morgan fingerprint density at radius 1 is 1.21 bits per heavy atom. The van der Waals surface area contributed by atoms with E-state index in [1.807, 2.05) is 0 Å². The molecule has 0 aromatic carbocycles. The number of rotatable bonds is 4. The number of carboxylic acids is 1. The van der Waals surface area contributed by atoms with Crippen molar-refractivity contribution in [3.05, 3.63) is 0 Å². The van der Waals surface area contributed by atoms with Gasteiger partial charge in [-0.15, -0.1) is 0 Å². The maximum atomic E-state index is 12.0. The smallest absolute Gasteiger partial charge is 0.320 e. The zero-order valence-electron chi connectivity index (χ0n) is 11.6. The Labute approximate surface area is 114 Å². The van der Waals surface area contributed by atoms with Gasteiger partial charge >= 0.3 is 5.97 Å². The van der Waals surface area contributed by atoms with Crippen LogP contribution in [0, 0.1) is 5.92 Å². The summed E-state index contributed by atoms with van der Waals surface area (Å²) in [6.07, 6.45) is 6.17. The van der Waals surface area contributed by atoms with Crippen LogP contribution in [0.4, 0.5) is 0 Å². The van der Waals surface area contributed by atoms with E-state index in [-0.39, 0.29) is 18.5 Å². The number of likely N-dealkylation sites (tertiary alicyclic amines) is 1. The third-order valence-corrected chi connectivity index (χ3v) is 4.45. The summed E-state index contributed by atoms with van der Waals surface area (Å²) < 4.78 is 0. The van der Waals surface area contributed by atoms with Gasteiger partial charge in [-0.25, -0.2) is 0 Å². The zero-order chi connectivity index (χ0) is 13.8. The van der Waals surface area contributed by atoms with Gasteiger partial charge in [0.1, 0.15) is 6.04 Å². The van der Waals surface area contributed by atoms with Crippen molar-refractivity contribution in [1.29, 1.82) is 0 Å². The lowest BCUT2D eigenvalue weighted by Crippen LogP contribution is -2.47. The van der Waals surface area contributed by atoms with Crippen molar-refractivity contribution in [3.8, 4) is 0 Å². The second-order valence-electron chi connectivity index (χ2n) is 5.90. The summed E-state index contributed by atoms with van der Waals surface area (Å²) in [5, 5.41) is 12.2. The van der Waals surface area contributed by atoms with E-state index in [2.05, 4.69) is 12.2 Å². The van der Waals surface area contributed by atoms with Crippen molar-refractivity contribution in [2.45, 2.75) is 57.5 Å². The average molecular weight is 268 g/mol. The molecule has 2 unspecified atom stereocenters. The average Bonchev–Trinajstić information content (AvgIpc) is 2.80. The van der Waals surface area contributed by atoms with Crippen LogP contribution in [0.3, 0.4) is 0 Å². The summed E-state index contributed by atoms with van der Waals surface area (Å²) in [5.41, 5.74) is 0.